The molecule has 1 aromatic rings. The molecule has 0 radical (unpaired) electrons. The van der Waals surface area contributed by atoms with Crippen LogP contribution in [0.4, 0.5) is 0 Å². The molecule has 0 heterocycles. The first-order chi connectivity index (χ1) is 12.2. The van der Waals surface area contributed by atoms with Crippen LogP contribution in [-0.2, 0) is 5.41 Å². The maximum atomic E-state index is 6.50. The third-order valence-corrected chi connectivity index (χ3v) is 5.77. The molecule has 1 aromatic carbocycles. The van der Waals surface area contributed by atoms with E-state index in [4.69, 9.17) is 9.73 Å². The van der Waals surface area contributed by atoms with Crippen LogP contribution < -0.4 is 4.74 Å². The summed E-state index contributed by atoms with van der Waals surface area (Å²) in [5, 5.41) is 0. The summed E-state index contributed by atoms with van der Waals surface area (Å²) in [7, 11) is 0. The Hall–Kier alpha value is -1.31. The van der Waals surface area contributed by atoms with Crippen molar-refractivity contribution in [3.8, 4) is 5.75 Å². The monoisotopic (exact) mass is 357 g/mol. The Labute approximate surface area is 161 Å². The molecule has 2 heteroatoms. The predicted octanol–water partition coefficient (Wildman–Crippen LogP) is 6.72. The minimum Gasteiger partial charge on any atom is -0.489 e. The van der Waals surface area contributed by atoms with Crippen molar-refractivity contribution in [2.75, 3.05) is 6.54 Å². The van der Waals surface area contributed by atoms with Crippen molar-refractivity contribution >= 4 is 6.21 Å². The number of aryl methyl sites for hydroxylation is 1. The Morgan fingerprint density at radius 3 is 2.35 bits per heavy atom. The summed E-state index contributed by atoms with van der Waals surface area (Å²) in [5.74, 6) is 2.28. The molecule has 1 saturated carbocycles. The van der Waals surface area contributed by atoms with Gasteiger partial charge in [-0.15, -0.1) is 0 Å². The van der Waals surface area contributed by atoms with Gasteiger partial charge in [-0.2, -0.15) is 0 Å². The minimum absolute atomic E-state index is 0.0473. The molecule has 2 nitrogen and oxygen atoms in total. The minimum atomic E-state index is 0.0473. The van der Waals surface area contributed by atoms with Crippen LogP contribution in [0.5, 0.6) is 5.75 Å². The Kier molecular flexibility index (Phi) is 7.32. The molecule has 0 bridgehead atoms. The van der Waals surface area contributed by atoms with Crippen LogP contribution in [0.15, 0.2) is 17.1 Å². The van der Waals surface area contributed by atoms with E-state index >= 15 is 0 Å². The summed E-state index contributed by atoms with van der Waals surface area (Å²) in [6.07, 6.45) is 9.10. The zero-order chi connectivity index (χ0) is 19.3. The van der Waals surface area contributed by atoms with Gasteiger partial charge in [0.25, 0.3) is 0 Å². The van der Waals surface area contributed by atoms with Crippen LogP contribution >= 0.6 is 0 Å². The van der Waals surface area contributed by atoms with Crippen LogP contribution in [0.3, 0.4) is 0 Å². The van der Waals surface area contributed by atoms with Gasteiger partial charge in [0.05, 0.1) is 6.10 Å². The third-order valence-electron chi connectivity index (χ3n) is 5.77. The number of ether oxygens (including phenoxy) is 1. The molecule has 1 atom stereocenters. The van der Waals surface area contributed by atoms with Crippen LogP contribution in [-0.4, -0.2) is 18.9 Å². The van der Waals surface area contributed by atoms with Gasteiger partial charge in [-0.25, -0.2) is 0 Å². The molecule has 0 N–H and O–H groups in total. The van der Waals surface area contributed by atoms with E-state index in [0.717, 1.165) is 18.2 Å². The Bertz CT molecular complexity index is 603. The number of aliphatic imine (C=N–C) groups is 1. The molecule has 1 fully saturated rings. The van der Waals surface area contributed by atoms with Crippen LogP contribution in [0.1, 0.15) is 90.3 Å². The molecular formula is C24H39NO. The zero-order valence-corrected chi connectivity index (χ0v) is 18.1. The lowest BCUT2D eigenvalue weighted by atomic mass is 9.84. The molecule has 0 amide bonds. The van der Waals surface area contributed by atoms with E-state index in [2.05, 4.69) is 66.8 Å². The van der Waals surface area contributed by atoms with Crippen molar-refractivity contribution in [1.29, 1.82) is 0 Å². The molecule has 0 spiro atoms. The Morgan fingerprint density at radius 1 is 1.12 bits per heavy atom. The van der Waals surface area contributed by atoms with Gasteiger partial charge >= 0.3 is 0 Å². The average Bonchev–Trinajstić information content (AvgIpc) is 2.57. The lowest BCUT2D eigenvalue weighted by Crippen LogP contribution is -2.23. The lowest BCUT2D eigenvalue weighted by molar-refractivity contribution is 0.166. The molecular weight excluding hydrogens is 318 g/mol. The number of nitrogens with zero attached hydrogens (tertiary/aromatic N) is 1. The van der Waals surface area contributed by atoms with Gasteiger partial charge in [0.15, 0.2) is 0 Å². The molecule has 146 valence electrons. The first-order valence-corrected chi connectivity index (χ1v) is 10.5. The first kappa shape index (κ1) is 21.0. The summed E-state index contributed by atoms with van der Waals surface area (Å²) in [4.78, 5) is 4.86. The van der Waals surface area contributed by atoms with Crippen LogP contribution in [0.25, 0.3) is 0 Å². The van der Waals surface area contributed by atoms with E-state index in [1.54, 1.807) is 0 Å². The van der Waals surface area contributed by atoms with Crippen molar-refractivity contribution in [3.63, 3.8) is 0 Å². The van der Waals surface area contributed by atoms with Gasteiger partial charge in [0, 0.05) is 23.9 Å². The van der Waals surface area contributed by atoms with Gasteiger partial charge in [0.2, 0.25) is 0 Å². The van der Waals surface area contributed by atoms with Gasteiger partial charge in [-0.05, 0) is 49.5 Å². The lowest BCUT2D eigenvalue weighted by Gasteiger charge is -2.28. The number of rotatable bonds is 6. The standard InChI is InChI=1S/C24H39NO/c1-17(2)19(4)26-23-21(16-25-15-20-11-9-8-10-12-20)18(3)13-14-22(23)24(5,6)7/h13-14,16-17,19-20H,8-12,15H2,1-7H3/b25-16+/t19-/m1/s1. The Morgan fingerprint density at radius 2 is 1.77 bits per heavy atom. The maximum Gasteiger partial charge on any atom is 0.132 e. The van der Waals surface area contributed by atoms with Crippen molar-refractivity contribution in [3.05, 3.63) is 28.8 Å². The highest BCUT2D eigenvalue weighted by molar-refractivity contribution is 5.86. The normalized spacial score (nSPS) is 17.8. The van der Waals surface area contributed by atoms with Crippen molar-refractivity contribution in [2.45, 2.75) is 92.1 Å². The Balaban J connectivity index is 2.32. The molecule has 0 unspecified atom stereocenters. The van der Waals surface area contributed by atoms with E-state index in [1.807, 2.05) is 0 Å². The average molecular weight is 358 g/mol. The summed E-state index contributed by atoms with van der Waals surface area (Å²) < 4.78 is 6.50. The smallest absolute Gasteiger partial charge is 0.132 e. The highest BCUT2D eigenvalue weighted by Crippen LogP contribution is 2.36. The van der Waals surface area contributed by atoms with Crippen molar-refractivity contribution in [1.82, 2.24) is 0 Å². The fourth-order valence-electron chi connectivity index (χ4n) is 3.56. The molecule has 0 saturated heterocycles. The van der Waals surface area contributed by atoms with E-state index in [1.165, 1.54) is 48.8 Å². The SMILES string of the molecule is Cc1ccc(C(C)(C)C)c(O[C@H](C)C(C)C)c1/C=N/CC1CCCCC1. The van der Waals surface area contributed by atoms with Gasteiger partial charge < -0.3 is 4.74 Å². The fraction of sp³-hybridized carbons (Fsp3) is 0.708. The number of hydrogen-bond donors (Lipinski definition) is 0. The van der Waals surface area contributed by atoms with Gasteiger partial charge in [0.1, 0.15) is 5.75 Å². The molecule has 1 aliphatic rings. The van der Waals surface area contributed by atoms with E-state index in [0.29, 0.717) is 5.92 Å². The second-order valence-corrected chi connectivity index (χ2v) is 9.49. The summed E-state index contributed by atoms with van der Waals surface area (Å²) >= 11 is 0. The zero-order valence-electron chi connectivity index (χ0n) is 18.1. The molecule has 2 rings (SSSR count). The molecule has 0 aliphatic heterocycles. The largest absolute Gasteiger partial charge is 0.489 e. The summed E-state index contributed by atoms with van der Waals surface area (Å²) in [5.41, 5.74) is 3.73. The maximum absolute atomic E-state index is 6.50. The highest BCUT2D eigenvalue weighted by atomic mass is 16.5. The predicted molar refractivity (Wildman–Crippen MR) is 114 cm³/mol. The van der Waals surface area contributed by atoms with Gasteiger partial charge in [-0.1, -0.05) is 66.0 Å². The topological polar surface area (TPSA) is 21.6 Å². The first-order valence-electron chi connectivity index (χ1n) is 10.5. The number of benzene rings is 1. The van der Waals surface area contributed by atoms with E-state index in [9.17, 15) is 0 Å². The molecule has 26 heavy (non-hydrogen) atoms. The van der Waals surface area contributed by atoms with E-state index < -0.39 is 0 Å². The summed E-state index contributed by atoms with van der Waals surface area (Å²) in [6.45, 7) is 16.5. The quantitative estimate of drug-likeness (QED) is 0.518. The molecule has 1 aliphatic carbocycles. The fourth-order valence-corrected chi connectivity index (χ4v) is 3.56. The van der Waals surface area contributed by atoms with E-state index in [-0.39, 0.29) is 11.5 Å². The van der Waals surface area contributed by atoms with Crippen LogP contribution in [0.2, 0.25) is 0 Å². The third kappa shape index (κ3) is 5.59. The number of hydrogen-bond acceptors (Lipinski definition) is 2. The van der Waals surface area contributed by atoms with Crippen molar-refractivity contribution < 1.29 is 4.74 Å². The summed E-state index contributed by atoms with van der Waals surface area (Å²) in [6, 6.07) is 4.45. The van der Waals surface area contributed by atoms with Gasteiger partial charge in [-0.3, -0.25) is 4.99 Å². The second-order valence-electron chi connectivity index (χ2n) is 9.49. The van der Waals surface area contributed by atoms with Crippen molar-refractivity contribution in [2.24, 2.45) is 16.8 Å². The second kappa shape index (κ2) is 9.06. The highest BCUT2D eigenvalue weighted by Gasteiger charge is 2.24. The van der Waals surface area contributed by atoms with Crippen LogP contribution in [0, 0.1) is 18.8 Å². The molecule has 0 aromatic heterocycles.